The molecule has 0 aliphatic carbocycles. The summed E-state index contributed by atoms with van der Waals surface area (Å²) in [6, 6.07) is 22.5. The fourth-order valence-electron chi connectivity index (χ4n) is 2.67. The molecule has 0 bridgehead atoms. The van der Waals surface area contributed by atoms with Gasteiger partial charge in [-0.3, -0.25) is 0 Å². The fraction of sp³-hybridized carbons (Fsp3) is 0.143. The lowest BCUT2D eigenvalue weighted by atomic mass is 9.79. The summed E-state index contributed by atoms with van der Waals surface area (Å²) in [5.41, 5.74) is 2.14. The Bertz CT molecular complexity index is 853. The van der Waals surface area contributed by atoms with E-state index in [0.29, 0.717) is 18.1 Å². The van der Waals surface area contributed by atoms with E-state index in [4.69, 9.17) is 14.2 Å². The average molecular weight is 364 g/mol. The Kier molecular flexibility index (Phi) is 6.36. The Morgan fingerprint density at radius 2 is 1.22 bits per heavy atom. The highest BCUT2D eigenvalue weighted by atomic mass is 16.5. The van der Waals surface area contributed by atoms with Crippen LogP contribution < -0.4 is 19.7 Å². The van der Waals surface area contributed by atoms with Gasteiger partial charge in [-0.15, -0.1) is 0 Å². The summed E-state index contributed by atoms with van der Waals surface area (Å²) in [5.74, 6) is 1.05. The molecule has 0 radical (unpaired) electrons. The van der Waals surface area contributed by atoms with Crippen LogP contribution in [0.1, 0.15) is 11.1 Å². The molecule has 0 aliphatic rings. The van der Waals surface area contributed by atoms with Crippen molar-refractivity contribution in [2.75, 3.05) is 7.11 Å². The number of ether oxygens (including phenoxy) is 3. The summed E-state index contributed by atoms with van der Waals surface area (Å²) in [4.78, 5) is 0. The monoisotopic (exact) mass is 364 g/mol. The van der Waals surface area contributed by atoms with Crippen LogP contribution in [0.2, 0.25) is 0 Å². The van der Waals surface area contributed by atoms with Gasteiger partial charge in [0.15, 0.2) is 11.5 Å². The third kappa shape index (κ3) is 4.81. The Balaban J connectivity index is 1.91. The molecule has 0 spiro atoms. The molecule has 0 heterocycles. The van der Waals surface area contributed by atoms with Crippen LogP contribution in [0.25, 0.3) is 0 Å². The van der Waals surface area contributed by atoms with Crippen LogP contribution in [0.15, 0.2) is 72.8 Å². The van der Waals surface area contributed by atoms with Gasteiger partial charge in [0.25, 0.3) is 0 Å². The molecular weight excluding hydrogens is 343 g/mol. The molecule has 3 aromatic rings. The summed E-state index contributed by atoms with van der Waals surface area (Å²) < 4.78 is 17.3. The Morgan fingerprint density at radius 3 is 1.70 bits per heavy atom. The highest BCUT2D eigenvalue weighted by Crippen LogP contribution is 2.37. The lowest BCUT2D eigenvalue weighted by Gasteiger charge is -2.19. The number of hydrogen-bond donors (Lipinski definition) is 2. The molecule has 0 amide bonds. The molecule has 0 saturated carbocycles. The van der Waals surface area contributed by atoms with E-state index in [1.54, 1.807) is 12.1 Å². The van der Waals surface area contributed by atoms with Crippen molar-refractivity contribution in [1.82, 2.24) is 0 Å². The van der Waals surface area contributed by atoms with Crippen LogP contribution in [0.5, 0.6) is 17.2 Å². The highest BCUT2D eigenvalue weighted by molar-refractivity contribution is 6.59. The van der Waals surface area contributed by atoms with Crippen LogP contribution in [0.4, 0.5) is 0 Å². The summed E-state index contributed by atoms with van der Waals surface area (Å²) >= 11 is 0. The average Bonchev–Trinajstić information content (AvgIpc) is 2.71. The Labute approximate surface area is 158 Å². The van der Waals surface area contributed by atoms with Crippen LogP contribution in [0, 0.1) is 0 Å². The quantitative estimate of drug-likeness (QED) is 0.602. The van der Waals surface area contributed by atoms with Gasteiger partial charge < -0.3 is 24.3 Å². The van der Waals surface area contributed by atoms with E-state index in [-0.39, 0.29) is 17.8 Å². The van der Waals surface area contributed by atoms with E-state index in [2.05, 4.69) is 0 Å². The molecular formula is C21H21BO5. The minimum Gasteiger partial charge on any atom is -0.493 e. The van der Waals surface area contributed by atoms with Gasteiger partial charge in [-0.05, 0) is 17.2 Å². The molecule has 5 nitrogen and oxygen atoms in total. The molecule has 0 aromatic heterocycles. The maximum absolute atomic E-state index is 9.75. The van der Waals surface area contributed by atoms with E-state index in [1.165, 1.54) is 7.11 Å². The summed E-state index contributed by atoms with van der Waals surface area (Å²) in [6.07, 6.45) is 0. The molecule has 0 fully saturated rings. The second-order valence-electron chi connectivity index (χ2n) is 5.94. The topological polar surface area (TPSA) is 68.2 Å². The van der Waals surface area contributed by atoms with Gasteiger partial charge in [0.1, 0.15) is 13.2 Å². The van der Waals surface area contributed by atoms with Gasteiger partial charge in [-0.1, -0.05) is 66.7 Å². The van der Waals surface area contributed by atoms with Crippen LogP contribution in [-0.2, 0) is 13.2 Å². The van der Waals surface area contributed by atoms with E-state index < -0.39 is 7.12 Å². The van der Waals surface area contributed by atoms with Crippen molar-refractivity contribution in [3.05, 3.63) is 83.9 Å². The predicted octanol–water partition coefficient (Wildman–Crippen LogP) is 2.53. The SMILES string of the molecule is COc1ccc(B(O)O)c(OCc2ccccc2)c1OCc1ccccc1. The first-order valence-electron chi connectivity index (χ1n) is 8.59. The molecule has 27 heavy (non-hydrogen) atoms. The standard InChI is InChI=1S/C21H21BO5/c1-25-19-13-12-18(22(23)24)20(26-14-16-8-4-2-5-9-16)21(19)27-15-17-10-6-3-7-11-17/h2-13,23-24H,14-15H2,1H3. The summed E-state index contributed by atoms with van der Waals surface area (Å²) in [5, 5.41) is 19.5. The zero-order valence-electron chi connectivity index (χ0n) is 15.0. The first-order chi connectivity index (χ1) is 13.2. The van der Waals surface area contributed by atoms with Gasteiger partial charge >= 0.3 is 7.12 Å². The van der Waals surface area contributed by atoms with Crippen molar-refractivity contribution in [3.63, 3.8) is 0 Å². The van der Waals surface area contributed by atoms with Crippen molar-refractivity contribution < 1.29 is 24.3 Å². The minimum absolute atomic E-state index is 0.217. The number of methoxy groups -OCH3 is 1. The molecule has 2 N–H and O–H groups in total. The van der Waals surface area contributed by atoms with Gasteiger partial charge in [0, 0.05) is 5.46 Å². The second kappa shape index (κ2) is 9.12. The zero-order chi connectivity index (χ0) is 19.1. The van der Waals surface area contributed by atoms with Crippen molar-refractivity contribution >= 4 is 12.6 Å². The molecule has 138 valence electrons. The van der Waals surface area contributed by atoms with Crippen molar-refractivity contribution in [1.29, 1.82) is 0 Å². The molecule has 0 saturated heterocycles. The van der Waals surface area contributed by atoms with Gasteiger partial charge in [0.05, 0.1) is 7.11 Å². The Hall–Kier alpha value is -2.96. The highest BCUT2D eigenvalue weighted by Gasteiger charge is 2.24. The molecule has 3 aromatic carbocycles. The first-order valence-corrected chi connectivity index (χ1v) is 8.59. The van der Waals surface area contributed by atoms with Crippen LogP contribution in [0.3, 0.4) is 0 Å². The van der Waals surface area contributed by atoms with Crippen LogP contribution >= 0.6 is 0 Å². The third-order valence-electron chi connectivity index (χ3n) is 4.06. The second-order valence-corrected chi connectivity index (χ2v) is 5.94. The maximum Gasteiger partial charge on any atom is 0.492 e. The lowest BCUT2D eigenvalue weighted by Crippen LogP contribution is -2.31. The van der Waals surface area contributed by atoms with E-state index in [0.717, 1.165) is 11.1 Å². The number of benzene rings is 3. The fourth-order valence-corrected chi connectivity index (χ4v) is 2.67. The predicted molar refractivity (Wildman–Crippen MR) is 104 cm³/mol. The van der Waals surface area contributed by atoms with E-state index >= 15 is 0 Å². The van der Waals surface area contributed by atoms with Gasteiger partial charge in [0.2, 0.25) is 5.75 Å². The van der Waals surface area contributed by atoms with E-state index in [1.807, 2.05) is 60.7 Å². The summed E-state index contributed by atoms with van der Waals surface area (Å²) in [6.45, 7) is 0.555. The molecule has 6 heteroatoms. The normalized spacial score (nSPS) is 10.3. The molecule has 0 aliphatic heterocycles. The molecule has 0 atom stereocenters. The van der Waals surface area contributed by atoms with Gasteiger partial charge in [-0.25, -0.2) is 0 Å². The zero-order valence-corrected chi connectivity index (χ0v) is 15.0. The van der Waals surface area contributed by atoms with Crippen molar-refractivity contribution in [2.24, 2.45) is 0 Å². The maximum atomic E-state index is 9.75. The smallest absolute Gasteiger partial charge is 0.492 e. The lowest BCUT2D eigenvalue weighted by molar-refractivity contribution is 0.244. The Morgan fingerprint density at radius 1 is 0.704 bits per heavy atom. The molecule has 3 rings (SSSR count). The minimum atomic E-state index is -1.69. The van der Waals surface area contributed by atoms with Gasteiger partial charge in [-0.2, -0.15) is 0 Å². The van der Waals surface area contributed by atoms with E-state index in [9.17, 15) is 10.0 Å². The first kappa shape index (κ1) is 18.8. The van der Waals surface area contributed by atoms with Crippen molar-refractivity contribution in [2.45, 2.75) is 13.2 Å². The largest absolute Gasteiger partial charge is 0.493 e. The number of rotatable bonds is 8. The van der Waals surface area contributed by atoms with Crippen molar-refractivity contribution in [3.8, 4) is 17.2 Å². The third-order valence-corrected chi connectivity index (χ3v) is 4.06. The summed E-state index contributed by atoms with van der Waals surface area (Å²) in [7, 11) is -0.165. The molecule has 0 unspecified atom stereocenters. The van der Waals surface area contributed by atoms with Crippen LogP contribution in [-0.4, -0.2) is 24.3 Å². The number of hydrogen-bond acceptors (Lipinski definition) is 5.